The first-order chi connectivity index (χ1) is 7.91. The number of halogens is 1. The van der Waals surface area contributed by atoms with Crippen LogP contribution in [0.2, 0.25) is 5.02 Å². The molecule has 0 aliphatic rings. The van der Waals surface area contributed by atoms with E-state index in [1.54, 1.807) is 12.1 Å². The van der Waals surface area contributed by atoms with Crippen LogP contribution in [0.5, 0.6) is 0 Å². The molecule has 1 aromatic carbocycles. The van der Waals surface area contributed by atoms with Gasteiger partial charge in [-0.2, -0.15) is 0 Å². The van der Waals surface area contributed by atoms with Gasteiger partial charge in [0.1, 0.15) is 5.02 Å². The van der Waals surface area contributed by atoms with Crippen molar-refractivity contribution in [3.8, 4) is 0 Å². The van der Waals surface area contributed by atoms with Gasteiger partial charge in [0.05, 0.1) is 4.92 Å². The number of nitrogens with zero attached hydrogens (tertiary/aromatic N) is 3. The smallest absolute Gasteiger partial charge is 0.288 e. The van der Waals surface area contributed by atoms with Crippen LogP contribution in [0.1, 0.15) is 0 Å². The largest absolute Gasteiger partial charge is 0.373 e. The lowest BCUT2D eigenvalue weighted by Crippen LogP contribution is -2.28. The molecule has 0 aliphatic heterocycles. The fourth-order valence-corrected chi connectivity index (χ4v) is 1.60. The van der Waals surface area contributed by atoms with Crippen molar-refractivity contribution in [2.45, 2.75) is 0 Å². The molecule has 0 saturated carbocycles. The lowest BCUT2D eigenvalue weighted by Gasteiger charge is -2.21. The molecule has 1 aromatic rings. The molecule has 5 nitrogen and oxygen atoms in total. The summed E-state index contributed by atoms with van der Waals surface area (Å²) in [5.74, 6) is 0. The van der Waals surface area contributed by atoms with Gasteiger partial charge in [-0.25, -0.2) is 0 Å². The monoisotopic (exact) mass is 257 g/mol. The van der Waals surface area contributed by atoms with Crippen molar-refractivity contribution in [2.24, 2.45) is 0 Å². The highest BCUT2D eigenvalue weighted by atomic mass is 35.5. The van der Waals surface area contributed by atoms with Crippen molar-refractivity contribution in [1.29, 1.82) is 0 Å². The van der Waals surface area contributed by atoms with Crippen LogP contribution in [0.15, 0.2) is 18.2 Å². The summed E-state index contributed by atoms with van der Waals surface area (Å²) in [5.41, 5.74) is 0.818. The maximum Gasteiger partial charge on any atom is 0.288 e. The van der Waals surface area contributed by atoms with Crippen LogP contribution in [-0.2, 0) is 0 Å². The fraction of sp³-hybridized carbons (Fsp3) is 0.455. The van der Waals surface area contributed by atoms with Crippen LogP contribution in [0.4, 0.5) is 11.4 Å². The predicted molar refractivity (Wildman–Crippen MR) is 69.9 cm³/mol. The molecule has 17 heavy (non-hydrogen) atoms. The minimum Gasteiger partial charge on any atom is -0.373 e. The third-order valence-corrected chi connectivity index (χ3v) is 2.75. The summed E-state index contributed by atoms with van der Waals surface area (Å²) in [6.45, 7) is 1.74. The van der Waals surface area contributed by atoms with Crippen LogP contribution < -0.4 is 4.90 Å². The molecule has 0 N–H and O–H groups in total. The summed E-state index contributed by atoms with van der Waals surface area (Å²) < 4.78 is 0. The summed E-state index contributed by atoms with van der Waals surface area (Å²) in [4.78, 5) is 14.2. The molecule has 94 valence electrons. The normalized spacial score (nSPS) is 10.6. The average Bonchev–Trinajstić information content (AvgIpc) is 2.25. The Hall–Kier alpha value is -1.33. The summed E-state index contributed by atoms with van der Waals surface area (Å²) in [6.07, 6.45) is 0. The van der Waals surface area contributed by atoms with E-state index in [0.717, 1.165) is 18.8 Å². The van der Waals surface area contributed by atoms with Gasteiger partial charge in [-0.1, -0.05) is 11.6 Å². The van der Waals surface area contributed by atoms with E-state index < -0.39 is 4.92 Å². The standard InChI is InChI=1S/C11H16ClN3O2/c1-13(2)6-7-14(3)9-4-5-11(15(16)17)10(12)8-9/h4-5,8H,6-7H2,1-3H3. The highest BCUT2D eigenvalue weighted by Gasteiger charge is 2.13. The quantitative estimate of drug-likeness (QED) is 0.600. The molecule has 0 saturated heterocycles. The van der Waals surface area contributed by atoms with Gasteiger partial charge in [0.2, 0.25) is 0 Å². The molecule has 0 unspecified atom stereocenters. The zero-order valence-corrected chi connectivity index (χ0v) is 10.9. The van der Waals surface area contributed by atoms with E-state index in [1.165, 1.54) is 6.07 Å². The number of anilines is 1. The Bertz CT molecular complexity index is 410. The zero-order valence-electron chi connectivity index (χ0n) is 10.2. The lowest BCUT2D eigenvalue weighted by atomic mass is 10.2. The Morgan fingerprint density at radius 2 is 1.94 bits per heavy atom. The van der Waals surface area contributed by atoms with Crippen molar-refractivity contribution in [2.75, 3.05) is 39.1 Å². The molecule has 6 heteroatoms. The van der Waals surface area contributed by atoms with Gasteiger partial charge in [0.25, 0.3) is 5.69 Å². The first-order valence-corrected chi connectivity index (χ1v) is 5.59. The Labute approximate surface area is 106 Å². The van der Waals surface area contributed by atoms with Crippen LogP contribution >= 0.6 is 11.6 Å². The zero-order chi connectivity index (χ0) is 13.0. The van der Waals surface area contributed by atoms with Gasteiger partial charge in [-0.15, -0.1) is 0 Å². The molecule has 0 bridgehead atoms. The Kier molecular flexibility index (Phi) is 4.72. The Balaban J connectivity index is 2.79. The van der Waals surface area contributed by atoms with Crippen LogP contribution in [0, 0.1) is 10.1 Å². The highest BCUT2D eigenvalue weighted by Crippen LogP contribution is 2.28. The van der Waals surface area contributed by atoms with Gasteiger partial charge in [-0.3, -0.25) is 10.1 Å². The molecular weight excluding hydrogens is 242 g/mol. The average molecular weight is 258 g/mol. The van der Waals surface area contributed by atoms with Gasteiger partial charge in [-0.05, 0) is 26.2 Å². The van der Waals surface area contributed by atoms with E-state index in [9.17, 15) is 10.1 Å². The summed E-state index contributed by atoms with van der Waals surface area (Å²) in [5, 5.41) is 10.8. The topological polar surface area (TPSA) is 49.6 Å². The third kappa shape index (κ3) is 3.87. The second-order valence-electron chi connectivity index (χ2n) is 4.12. The number of nitro benzene ring substituents is 1. The second-order valence-corrected chi connectivity index (χ2v) is 4.52. The van der Waals surface area contributed by atoms with Gasteiger partial charge >= 0.3 is 0 Å². The molecule has 0 spiro atoms. The third-order valence-electron chi connectivity index (χ3n) is 2.45. The number of rotatable bonds is 5. The van der Waals surface area contributed by atoms with Crippen molar-refractivity contribution >= 4 is 23.0 Å². The molecule has 0 aliphatic carbocycles. The maximum atomic E-state index is 10.6. The number of hydrogen-bond donors (Lipinski definition) is 0. The minimum absolute atomic E-state index is 0.0589. The molecule has 0 atom stereocenters. The van der Waals surface area contributed by atoms with Crippen LogP contribution in [0.25, 0.3) is 0 Å². The van der Waals surface area contributed by atoms with Crippen molar-refractivity contribution < 1.29 is 4.92 Å². The van der Waals surface area contributed by atoms with Gasteiger partial charge < -0.3 is 9.80 Å². The summed E-state index contributed by atoms with van der Waals surface area (Å²) >= 11 is 5.85. The summed E-state index contributed by atoms with van der Waals surface area (Å²) in [7, 11) is 5.92. The van der Waals surface area contributed by atoms with Crippen LogP contribution in [-0.4, -0.2) is 44.1 Å². The van der Waals surface area contributed by atoms with E-state index in [4.69, 9.17) is 11.6 Å². The van der Waals surface area contributed by atoms with Crippen LogP contribution in [0.3, 0.4) is 0 Å². The summed E-state index contributed by atoms with van der Waals surface area (Å²) in [6, 6.07) is 4.76. The van der Waals surface area contributed by atoms with Gasteiger partial charge in [0.15, 0.2) is 0 Å². The number of likely N-dealkylation sites (N-methyl/N-ethyl adjacent to an activating group) is 2. The number of nitro groups is 1. The highest BCUT2D eigenvalue weighted by molar-refractivity contribution is 6.32. The van der Waals surface area contributed by atoms with E-state index in [1.807, 2.05) is 26.0 Å². The molecule has 1 rings (SSSR count). The molecule has 0 amide bonds. The first kappa shape index (κ1) is 13.7. The Morgan fingerprint density at radius 1 is 1.29 bits per heavy atom. The van der Waals surface area contributed by atoms with Crippen molar-refractivity contribution in [1.82, 2.24) is 4.90 Å². The van der Waals surface area contributed by atoms with E-state index in [-0.39, 0.29) is 10.7 Å². The minimum atomic E-state index is -0.480. The van der Waals surface area contributed by atoms with Crippen molar-refractivity contribution in [3.63, 3.8) is 0 Å². The SMILES string of the molecule is CN(C)CCN(C)c1ccc([N+](=O)[O-])c(Cl)c1. The predicted octanol–water partition coefficient (Wildman–Crippen LogP) is 2.25. The first-order valence-electron chi connectivity index (χ1n) is 5.21. The Morgan fingerprint density at radius 3 is 2.41 bits per heavy atom. The number of hydrogen-bond acceptors (Lipinski definition) is 4. The van der Waals surface area contributed by atoms with E-state index in [2.05, 4.69) is 4.90 Å². The second kappa shape index (κ2) is 5.84. The number of benzene rings is 1. The van der Waals surface area contributed by atoms with E-state index >= 15 is 0 Å². The van der Waals surface area contributed by atoms with E-state index in [0.29, 0.717) is 0 Å². The lowest BCUT2D eigenvalue weighted by molar-refractivity contribution is -0.384. The molecule has 0 aromatic heterocycles. The van der Waals surface area contributed by atoms with Crippen molar-refractivity contribution in [3.05, 3.63) is 33.3 Å². The molecule has 0 heterocycles. The van der Waals surface area contributed by atoms with Gasteiger partial charge in [0, 0.05) is 31.9 Å². The fourth-order valence-electron chi connectivity index (χ4n) is 1.36. The molecule has 0 fully saturated rings. The maximum absolute atomic E-state index is 10.6. The molecular formula is C11H16ClN3O2. The molecule has 0 radical (unpaired) electrons.